The smallest absolute Gasteiger partial charge is 0.358 e. The number of esters is 1. The minimum absolute atomic E-state index is 0.0146. The van der Waals surface area contributed by atoms with Crippen LogP contribution in [0, 0.1) is 0 Å². The number of amides is 1. The number of hydrogen-bond donors (Lipinski definition) is 2. The Morgan fingerprint density at radius 2 is 1.83 bits per heavy atom. The molecule has 2 aromatic rings. The van der Waals surface area contributed by atoms with Crippen LogP contribution in [0.5, 0.6) is 0 Å². The van der Waals surface area contributed by atoms with E-state index in [1.165, 1.54) is 7.11 Å². The zero-order valence-electron chi connectivity index (χ0n) is 13.9. The molecular formula is C17H20N4O3. The molecule has 1 heterocycles. The highest BCUT2D eigenvalue weighted by atomic mass is 16.5. The van der Waals surface area contributed by atoms with Gasteiger partial charge in [-0.15, -0.1) is 10.2 Å². The molecule has 0 saturated carbocycles. The molecule has 1 aromatic carbocycles. The van der Waals surface area contributed by atoms with Crippen LogP contribution in [0.2, 0.25) is 0 Å². The van der Waals surface area contributed by atoms with Crippen LogP contribution >= 0.6 is 0 Å². The molecule has 0 spiro atoms. The fourth-order valence-corrected chi connectivity index (χ4v) is 2.03. The van der Waals surface area contributed by atoms with Crippen molar-refractivity contribution in [3.63, 3.8) is 0 Å². The van der Waals surface area contributed by atoms with Crippen LogP contribution in [0.15, 0.2) is 36.4 Å². The minimum atomic E-state index is -0.521. The van der Waals surface area contributed by atoms with Gasteiger partial charge in [0.25, 0.3) is 0 Å². The van der Waals surface area contributed by atoms with Crippen molar-refractivity contribution in [3.05, 3.63) is 47.7 Å². The third-order valence-electron chi connectivity index (χ3n) is 3.44. The third kappa shape index (κ3) is 4.52. The maximum atomic E-state index is 11.4. The molecule has 0 fully saturated rings. The quantitative estimate of drug-likeness (QED) is 0.792. The van der Waals surface area contributed by atoms with Crippen molar-refractivity contribution in [1.29, 1.82) is 0 Å². The van der Waals surface area contributed by atoms with Crippen molar-refractivity contribution in [1.82, 2.24) is 10.2 Å². The fraction of sp³-hybridized carbons (Fsp3) is 0.294. The number of ether oxygens (including phenoxy) is 1. The number of aromatic nitrogens is 2. The minimum Gasteiger partial charge on any atom is -0.464 e. The van der Waals surface area contributed by atoms with E-state index in [2.05, 4.69) is 25.6 Å². The molecule has 0 aliphatic rings. The van der Waals surface area contributed by atoms with Crippen LogP contribution in [0.4, 0.5) is 11.5 Å². The van der Waals surface area contributed by atoms with E-state index in [1.54, 1.807) is 12.1 Å². The van der Waals surface area contributed by atoms with E-state index in [9.17, 15) is 9.59 Å². The molecule has 0 bridgehead atoms. The molecule has 2 rings (SSSR count). The van der Waals surface area contributed by atoms with E-state index in [0.29, 0.717) is 12.2 Å². The second kappa shape index (κ2) is 8.05. The standard InChI is InChI=1S/C17H20N4O3/c1-4-16(22)19-13-7-5-12(6-8-13)11(2)18-15-10-9-14(20-21-15)17(23)24-3/h5-11H,4H2,1-3H3,(H,18,21)(H,19,22). The normalized spacial score (nSPS) is 11.5. The predicted octanol–water partition coefficient (Wildman–Crippen LogP) is 2.78. The van der Waals surface area contributed by atoms with Crippen LogP contribution in [-0.2, 0) is 9.53 Å². The van der Waals surface area contributed by atoms with Gasteiger partial charge in [-0.1, -0.05) is 19.1 Å². The van der Waals surface area contributed by atoms with Crippen LogP contribution < -0.4 is 10.6 Å². The number of anilines is 2. The van der Waals surface area contributed by atoms with Gasteiger partial charge >= 0.3 is 5.97 Å². The lowest BCUT2D eigenvalue weighted by Crippen LogP contribution is -2.12. The molecule has 1 atom stereocenters. The van der Waals surface area contributed by atoms with Gasteiger partial charge in [0.2, 0.25) is 5.91 Å². The largest absolute Gasteiger partial charge is 0.464 e. The Kier molecular flexibility index (Phi) is 5.83. The highest BCUT2D eigenvalue weighted by Crippen LogP contribution is 2.19. The summed E-state index contributed by atoms with van der Waals surface area (Å²) in [4.78, 5) is 22.7. The second-order valence-electron chi connectivity index (χ2n) is 5.19. The Balaban J connectivity index is 2.00. The summed E-state index contributed by atoms with van der Waals surface area (Å²) >= 11 is 0. The topological polar surface area (TPSA) is 93.2 Å². The highest BCUT2D eigenvalue weighted by molar-refractivity contribution is 5.90. The summed E-state index contributed by atoms with van der Waals surface area (Å²) < 4.78 is 4.58. The first-order chi connectivity index (χ1) is 11.5. The number of nitrogens with one attached hydrogen (secondary N) is 2. The van der Waals surface area contributed by atoms with Gasteiger partial charge in [-0.3, -0.25) is 4.79 Å². The lowest BCUT2D eigenvalue weighted by molar-refractivity contribution is -0.115. The van der Waals surface area contributed by atoms with E-state index in [4.69, 9.17) is 0 Å². The number of benzene rings is 1. The SMILES string of the molecule is CCC(=O)Nc1ccc(C(C)Nc2ccc(C(=O)OC)nn2)cc1. The Morgan fingerprint density at radius 3 is 2.38 bits per heavy atom. The zero-order valence-corrected chi connectivity index (χ0v) is 13.9. The van der Waals surface area contributed by atoms with Crippen molar-refractivity contribution >= 4 is 23.4 Å². The van der Waals surface area contributed by atoms with Gasteiger partial charge in [0.1, 0.15) is 5.82 Å². The van der Waals surface area contributed by atoms with E-state index < -0.39 is 5.97 Å². The van der Waals surface area contributed by atoms with Gasteiger partial charge in [0.15, 0.2) is 5.69 Å². The summed E-state index contributed by atoms with van der Waals surface area (Å²) in [5, 5.41) is 13.8. The van der Waals surface area contributed by atoms with Crippen molar-refractivity contribution in [2.75, 3.05) is 17.7 Å². The third-order valence-corrected chi connectivity index (χ3v) is 3.44. The maximum Gasteiger partial charge on any atom is 0.358 e. The summed E-state index contributed by atoms with van der Waals surface area (Å²) in [5.41, 5.74) is 1.95. The van der Waals surface area contributed by atoms with Crippen LogP contribution in [-0.4, -0.2) is 29.2 Å². The molecule has 126 valence electrons. The molecule has 1 amide bonds. The van der Waals surface area contributed by atoms with E-state index >= 15 is 0 Å². The highest BCUT2D eigenvalue weighted by Gasteiger charge is 2.10. The molecule has 1 unspecified atom stereocenters. The van der Waals surface area contributed by atoms with Crippen molar-refractivity contribution < 1.29 is 14.3 Å². The second-order valence-corrected chi connectivity index (χ2v) is 5.19. The van der Waals surface area contributed by atoms with Crippen LogP contribution in [0.3, 0.4) is 0 Å². The zero-order chi connectivity index (χ0) is 17.5. The summed E-state index contributed by atoms with van der Waals surface area (Å²) in [7, 11) is 1.30. The Hall–Kier alpha value is -2.96. The molecule has 0 aliphatic carbocycles. The Bertz CT molecular complexity index is 699. The van der Waals surface area contributed by atoms with E-state index in [0.717, 1.165) is 11.3 Å². The monoisotopic (exact) mass is 328 g/mol. The van der Waals surface area contributed by atoms with Gasteiger partial charge in [-0.2, -0.15) is 0 Å². The Labute approximate surface area is 140 Å². The number of hydrogen-bond acceptors (Lipinski definition) is 6. The first-order valence-corrected chi connectivity index (χ1v) is 7.62. The summed E-state index contributed by atoms with van der Waals surface area (Å²) in [6, 6.07) is 10.8. The van der Waals surface area contributed by atoms with E-state index in [-0.39, 0.29) is 17.6 Å². The van der Waals surface area contributed by atoms with Gasteiger partial charge in [0.05, 0.1) is 13.2 Å². The average Bonchev–Trinajstić information content (AvgIpc) is 2.62. The van der Waals surface area contributed by atoms with Gasteiger partial charge in [-0.05, 0) is 36.8 Å². The number of methoxy groups -OCH3 is 1. The molecule has 7 heteroatoms. The fourth-order valence-electron chi connectivity index (χ4n) is 2.03. The molecule has 0 radical (unpaired) electrons. The van der Waals surface area contributed by atoms with Gasteiger partial charge < -0.3 is 15.4 Å². The number of nitrogens with zero attached hydrogens (tertiary/aromatic N) is 2. The number of rotatable bonds is 6. The molecule has 24 heavy (non-hydrogen) atoms. The summed E-state index contributed by atoms with van der Waals surface area (Å²) in [6.07, 6.45) is 0.444. The first kappa shape index (κ1) is 17.4. The van der Waals surface area contributed by atoms with Gasteiger partial charge in [-0.25, -0.2) is 4.79 Å². The molecule has 2 N–H and O–H groups in total. The summed E-state index contributed by atoms with van der Waals surface area (Å²) in [6.45, 7) is 3.79. The van der Waals surface area contributed by atoms with E-state index in [1.807, 2.05) is 38.1 Å². The van der Waals surface area contributed by atoms with Gasteiger partial charge in [0, 0.05) is 12.1 Å². The van der Waals surface area contributed by atoms with Crippen molar-refractivity contribution in [3.8, 4) is 0 Å². The number of carbonyl (C=O) groups is 2. The summed E-state index contributed by atoms with van der Waals surface area (Å²) in [5.74, 6) is 0.0141. The lowest BCUT2D eigenvalue weighted by Gasteiger charge is -2.15. The molecule has 0 aliphatic heterocycles. The van der Waals surface area contributed by atoms with Crippen molar-refractivity contribution in [2.45, 2.75) is 26.3 Å². The molecule has 7 nitrogen and oxygen atoms in total. The molecule has 0 saturated heterocycles. The predicted molar refractivity (Wildman–Crippen MR) is 90.8 cm³/mol. The van der Waals surface area contributed by atoms with Crippen molar-refractivity contribution in [2.24, 2.45) is 0 Å². The molecular weight excluding hydrogens is 308 g/mol. The lowest BCUT2D eigenvalue weighted by atomic mass is 10.1. The average molecular weight is 328 g/mol. The maximum absolute atomic E-state index is 11.4. The van der Waals surface area contributed by atoms with Crippen LogP contribution in [0.25, 0.3) is 0 Å². The molecule has 1 aromatic heterocycles. The Morgan fingerprint density at radius 1 is 1.12 bits per heavy atom. The first-order valence-electron chi connectivity index (χ1n) is 7.62. The number of carbonyl (C=O) groups excluding carboxylic acids is 2. The van der Waals surface area contributed by atoms with Crippen LogP contribution in [0.1, 0.15) is 42.4 Å².